The van der Waals surface area contributed by atoms with Gasteiger partial charge in [0.1, 0.15) is 6.10 Å². The van der Waals surface area contributed by atoms with E-state index in [0.717, 1.165) is 89.9 Å². The average molecular weight is 908 g/mol. The lowest BCUT2D eigenvalue weighted by Crippen LogP contribution is -2.46. The average Bonchev–Trinajstić information content (AvgIpc) is 3.30. The highest BCUT2D eigenvalue weighted by Gasteiger charge is 2.24. The largest absolute Gasteiger partial charge is 0.462 e. The minimum atomic E-state index is -0.807. The number of unbranched alkanes of at least 4 members (excludes halogenated alkanes) is 25. The quantitative estimate of drug-likeness (QED) is 0.0321. The summed E-state index contributed by atoms with van der Waals surface area (Å²) in [7, 11) is 0. The van der Waals surface area contributed by atoms with Gasteiger partial charge in [0.05, 0.1) is 25.2 Å². The highest BCUT2D eigenvalue weighted by molar-refractivity contribution is 5.77. The van der Waals surface area contributed by atoms with Gasteiger partial charge < -0.3 is 20.3 Å². The van der Waals surface area contributed by atoms with Gasteiger partial charge in [-0.2, -0.15) is 0 Å². The summed E-state index contributed by atoms with van der Waals surface area (Å²) in [5, 5.41) is 23.8. The van der Waals surface area contributed by atoms with Crippen molar-refractivity contribution >= 4 is 11.9 Å². The van der Waals surface area contributed by atoms with Crippen molar-refractivity contribution in [3.63, 3.8) is 0 Å². The second-order valence-corrected chi connectivity index (χ2v) is 18.6. The first-order valence-corrected chi connectivity index (χ1v) is 27.7. The van der Waals surface area contributed by atoms with Gasteiger partial charge in [-0.3, -0.25) is 9.59 Å². The number of esters is 1. The van der Waals surface area contributed by atoms with Crippen molar-refractivity contribution in [2.45, 2.75) is 283 Å². The van der Waals surface area contributed by atoms with Crippen molar-refractivity contribution < 1.29 is 24.5 Å². The van der Waals surface area contributed by atoms with Crippen LogP contribution in [0.25, 0.3) is 0 Å². The number of allylic oxidation sites excluding steroid dienone is 12. The van der Waals surface area contributed by atoms with Gasteiger partial charge in [-0.1, -0.05) is 235 Å². The summed E-state index contributed by atoms with van der Waals surface area (Å²) >= 11 is 0. The summed E-state index contributed by atoms with van der Waals surface area (Å²) in [5.41, 5.74) is 0. The molecule has 0 rings (SSSR count). The number of hydrogen-bond donors (Lipinski definition) is 3. The minimum absolute atomic E-state index is 0.0336. The second kappa shape index (κ2) is 52.3. The minimum Gasteiger partial charge on any atom is -0.462 e. The lowest BCUT2D eigenvalue weighted by molar-refractivity contribution is -0.151. The van der Waals surface area contributed by atoms with Crippen LogP contribution in [0.2, 0.25) is 0 Å². The molecule has 0 saturated carbocycles. The molecule has 3 N–H and O–H groups in total. The van der Waals surface area contributed by atoms with Crippen LogP contribution in [-0.2, 0) is 14.3 Å². The van der Waals surface area contributed by atoms with Crippen molar-refractivity contribution in [1.29, 1.82) is 0 Å². The Hall–Kier alpha value is -2.70. The van der Waals surface area contributed by atoms with E-state index in [1.54, 1.807) is 0 Å². The van der Waals surface area contributed by atoms with E-state index in [0.29, 0.717) is 19.3 Å². The molecule has 3 unspecified atom stereocenters. The molecule has 0 aliphatic heterocycles. The van der Waals surface area contributed by atoms with E-state index < -0.39 is 18.2 Å². The van der Waals surface area contributed by atoms with E-state index >= 15 is 0 Å². The predicted octanol–water partition coefficient (Wildman–Crippen LogP) is 17.0. The van der Waals surface area contributed by atoms with Gasteiger partial charge in [0.15, 0.2) is 0 Å². The van der Waals surface area contributed by atoms with Gasteiger partial charge in [-0.25, -0.2) is 0 Å². The molecule has 0 heterocycles. The van der Waals surface area contributed by atoms with Gasteiger partial charge in [0.2, 0.25) is 5.91 Å². The third kappa shape index (κ3) is 47.6. The molecule has 0 fully saturated rings. The Labute approximate surface area is 402 Å². The van der Waals surface area contributed by atoms with Gasteiger partial charge in [0, 0.05) is 6.42 Å². The first kappa shape index (κ1) is 62.3. The summed E-state index contributed by atoms with van der Waals surface area (Å²) in [6.07, 6.45) is 66.8. The smallest absolute Gasteiger partial charge is 0.306 e. The van der Waals surface area contributed by atoms with Crippen LogP contribution < -0.4 is 5.32 Å². The van der Waals surface area contributed by atoms with E-state index in [2.05, 4.69) is 99.0 Å². The molecular weight excluding hydrogens is 803 g/mol. The number of ether oxygens (including phenoxy) is 1. The molecule has 6 nitrogen and oxygen atoms in total. The van der Waals surface area contributed by atoms with Crippen LogP contribution >= 0.6 is 0 Å². The third-order valence-electron chi connectivity index (χ3n) is 12.3. The van der Waals surface area contributed by atoms with Crippen LogP contribution in [0.15, 0.2) is 72.9 Å². The summed E-state index contributed by atoms with van der Waals surface area (Å²) in [5.74, 6) is -0.537. The Morgan fingerprint density at radius 1 is 0.462 bits per heavy atom. The maximum Gasteiger partial charge on any atom is 0.306 e. The van der Waals surface area contributed by atoms with Crippen molar-refractivity contribution in [3.8, 4) is 0 Å². The molecule has 65 heavy (non-hydrogen) atoms. The topological polar surface area (TPSA) is 95.9 Å². The summed E-state index contributed by atoms with van der Waals surface area (Å²) in [6.45, 7) is 6.36. The molecule has 0 spiro atoms. The lowest BCUT2D eigenvalue weighted by Gasteiger charge is -2.24. The molecule has 0 aromatic heterocycles. The molecule has 0 aliphatic rings. The number of rotatable bonds is 49. The molecule has 0 aromatic rings. The van der Waals surface area contributed by atoms with E-state index in [-0.39, 0.29) is 24.9 Å². The standard InChI is InChI=1S/C59H105NO5/c1-4-7-10-13-16-19-22-25-27-29-30-33-35-38-41-44-47-50-55(65-59(64)52-49-46-43-40-37-34-31-28-26-23-20-17-14-11-8-5-2)53-58(63)60-56(54-61)57(62)51-48-45-42-39-36-32-24-21-18-15-12-9-6-3/h7,10,16,19,25,27-28,30-31,33,38,41,55-57,61-62H,4-6,8-9,11-15,17-18,20-24,26,29,32,34-37,39-40,42-54H2,1-3H3,(H,60,63)/b10-7-,19-16-,27-25-,31-28+,33-30-,41-38-. The Bertz CT molecular complexity index is 1200. The fourth-order valence-electron chi connectivity index (χ4n) is 8.10. The summed E-state index contributed by atoms with van der Waals surface area (Å²) in [4.78, 5) is 26.2. The first-order valence-electron chi connectivity index (χ1n) is 27.7. The van der Waals surface area contributed by atoms with Crippen molar-refractivity contribution in [3.05, 3.63) is 72.9 Å². The first-order chi connectivity index (χ1) is 32.0. The normalized spacial score (nSPS) is 13.7. The maximum absolute atomic E-state index is 13.2. The lowest BCUT2D eigenvalue weighted by atomic mass is 10.0. The molecular formula is C59H105NO5. The van der Waals surface area contributed by atoms with E-state index in [1.165, 1.54) is 128 Å². The van der Waals surface area contributed by atoms with Crippen molar-refractivity contribution in [2.75, 3.05) is 6.61 Å². The van der Waals surface area contributed by atoms with Crippen LogP contribution in [0, 0.1) is 0 Å². The van der Waals surface area contributed by atoms with E-state index in [1.807, 2.05) is 0 Å². The van der Waals surface area contributed by atoms with Crippen LogP contribution in [0.1, 0.15) is 265 Å². The molecule has 0 aliphatic carbocycles. The Balaban J connectivity index is 4.70. The molecule has 0 aromatic carbocycles. The van der Waals surface area contributed by atoms with Gasteiger partial charge in [-0.05, 0) is 89.9 Å². The zero-order chi connectivity index (χ0) is 47.4. The number of aliphatic hydroxyl groups is 2. The molecule has 6 heteroatoms. The van der Waals surface area contributed by atoms with Gasteiger partial charge in [0.25, 0.3) is 0 Å². The van der Waals surface area contributed by atoms with Crippen LogP contribution in [0.4, 0.5) is 0 Å². The number of aliphatic hydroxyl groups excluding tert-OH is 2. The molecule has 1 amide bonds. The van der Waals surface area contributed by atoms with E-state index in [9.17, 15) is 19.8 Å². The Morgan fingerprint density at radius 2 is 0.846 bits per heavy atom. The maximum atomic E-state index is 13.2. The van der Waals surface area contributed by atoms with Gasteiger partial charge >= 0.3 is 5.97 Å². The zero-order valence-corrected chi connectivity index (χ0v) is 42.9. The number of carbonyl (C=O) groups excluding carboxylic acids is 2. The molecule has 0 radical (unpaired) electrons. The second-order valence-electron chi connectivity index (χ2n) is 18.6. The number of carbonyl (C=O) groups is 2. The number of hydrogen-bond acceptors (Lipinski definition) is 5. The summed E-state index contributed by atoms with van der Waals surface area (Å²) < 4.78 is 5.92. The Morgan fingerprint density at radius 3 is 1.31 bits per heavy atom. The van der Waals surface area contributed by atoms with Crippen LogP contribution in [0.5, 0.6) is 0 Å². The number of amides is 1. The third-order valence-corrected chi connectivity index (χ3v) is 12.3. The fraction of sp³-hybridized carbons (Fsp3) is 0.763. The SMILES string of the molecule is CC/C=C\C/C=C\C/C=C\C/C=C\C/C=C\CCCC(CC(=O)NC(CO)C(O)CCCCCCCCCCCCCCC)OC(=O)CCCCCCC/C=C/CCCCCCCCC. The monoisotopic (exact) mass is 908 g/mol. The van der Waals surface area contributed by atoms with Crippen molar-refractivity contribution in [1.82, 2.24) is 5.32 Å². The zero-order valence-electron chi connectivity index (χ0n) is 42.9. The van der Waals surface area contributed by atoms with Crippen LogP contribution in [-0.4, -0.2) is 46.9 Å². The van der Waals surface area contributed by atoms with Crippen LogP contribution in [0.3, 0.4) is 0 Å². The molecule has 376 valence electrons. The van der Waals surface area contributed by atoms with E-state index in [4.69, 9.17) is 4.74 Å². The number of nitrogens with one attached hydrogen (secondary N) is 1. The molecule has 0 bridgehead atoms. The van der Waals surface area contributed by atoms with Gasteiger partial charge in [-0.15, -0.1) is 0 Å². The fourth-order valence-corrected chi connectivity index (χ4v) is 8.10. The molecule has 3 atom stereocenters. The molecule has 0 saturated heterocycles. The predicted molar refractivity (Wildman–Crippen MR) is 282 cm³/mol. The highest BCUT2D eigenvalue weighted by atomic mass is 16.5. The van der Waals surface area contributed by atoms with Crippen molar-refractivity contribution in [2.24, 2.45) is 0 Å². The highest BCUT2D eigenvalue weighted by Crippen LogP contribution is 2.17. The Kier molecular flexibility index (Phi) is 50.1. The summed E-state index contributed by atoms with van der Waals surface area (Å²) in [6, 6.07) is -0.724.